The molecule has 4 rings (SSSR count). The first-order valence-corrected chi connectivity index (χ1v) is 10.8. The average Bonchev–Trinajstić information content (AvgIpc) is 3.36. The first-order chi connectivity index (χ1) is 12.5. The predicted octanol–water partition coefficient (Wildman–Crippen LogP) is 4.09. The van der Waals surface area contributed by atoms with Crippen molar-refractivity contribution in [3.05, 3.63) is 47.9 Å². The van der Waals surface area contributed by atoms with E-state index in [1.807, 2.05) is 25.1 Å². The van der Waals surface area contributed by atoms with Gasteiger partial charge in [0.05, 0.1) is 17.3 Å². The molecule has 1 aliphatic heterocycles. The van der Waals surface area contributed by atoms with Gasteiger partial charge in [0.1, 0.15) is 11.5 Å². The van der Waals surface area contributed by atoms with E-state index >= 15 is 0 Å². The lowest BCUT2D eigenvalue weighted by Crippen LogP contribution is -2.29. The summed E-state index contributed by atoms with van der Waals surface area (Å²) in [7, 11) is -3.50. The lowest BCUT2D eigenvalue weighted by molar-refractivity contribution is 0.210. The summed E-state index contributed by atoms with van der Waals surface area (Å²) in [5.41, 5.74) is 0.738. The molecule has 1 unspecified atom stereocenters. The van der Waals surface area contributed by atoms with Gasteiger partial charge < -0.3 is 9.15 Å². The van der Waals surface area contributed by atoms with Gasteiger partial charge in [-0.25, -0.2) is 8.42 Å². The van der Waals surface area contributed by atoms with Crippen LogP contribution in [0.4, 0.5) is 0 Å². The lowest BCUT2D eigenvalue weighted by Gasteiger charge is -2.19. The molecular formula is C20H25NO4S. The molecule has 6 heteroatoms. The van der Waals surface area contributed by atoms with Crippen LogP contribution in [-0.4, -0.2) is 31.9 Å². The zero-order valence-corrected chi connectivity index (χ0v) is 15.9. The molecule has 2 heterocycles. The Morgan fingerprint density at radius 1 is 1.15 bits per heavy atom. The number of sulfonamides is 1. The van der Waals surface area contributed by atoms with Crippen LogP contribution >= 0.6 is 0 Å². The summed E-state index contributed by atoms with van der Waals surface area (Å²) in [4.78, 5) is 0.372. The molecular weight excluding hydrogens is 350 g/mol. The first-order valence-electron chi connectivity index (χ1n) is 9.35. The maximum atomic E-state index is 13.1. The SMILES string of the molecule is Cc1cc(OC2CCCC2)ccc1S(=O)(=O)N1CCC(c2ccco2)C1. The van der Waals surface area contributed by atoms with Crippen molar-refractivity contribution in [3.63, 3.8) is 0 Å². The van der Waals surface area contributed by atoms with Gasteiger partial charge in [-0.2, -0.15) is 4.31 Å². The van der Waals surface area contributed by atoms with Gasteiger partial charge >= 0.3 is 0 Å². The molecule has 0 N–H and O–H groups in total. The van der Waals surface area contributed by atoms with Crippen LogP contribution in [0, 0.1) is 6.92 Å². The summed E-state index contributed by atoms with van der Waals surface area (Å²) < 4.78 is 39.2. The van der Waals surface area contributed by atoms with Crippen molar-refractivity contribution in [1.29, 1.82) is 0 Å². The van der Waals surface area contributed by atoms with Gasteiger partial charge in [0.25, 0.3) is 0 Å². The topological polar surface area (TPSA) is 59.8 Å². The number of rotatable bonds is 5. The summed E-state index contributed by atoms with van der Waals surface area (Å²) in [6.07, 6.45) is 7.28. The molecule has 1 aromatic carbocycles. The summed E-state index contributed by atoms with van der Waals surface area (Å²) >= 11 is 0. The third-order valence-corrected chi connectivity index (χ3v) is 7.49. The smallest absolute Gasteiger partial charge is 0.243 e. The largest absolute Gasteiger partial charge is 0.490 e. The first kappa shape index (κ1) is 17.6. The number of ether oxygens (including phenoxy) is 1. The maximum Gasteiger partial charge on any atom is 0.243 e. The molecule has 5 nitrogen and oxygen atoms in total. The minimum atomic E-state index is -3.50. The van der Waals surface area contributed by atoms with E-state index in [2.05, 4.69) is 0 Å². The molecule has 0 spiro atoms. The van der Waals surface area contributed by atoms with Gasteiger partial charge in [-0.1, -0.05) is 0 Å². The molecule has 2 fully saturated rings. The molecule has 2 aliphatic rings. The van der Waals surface area contributed by atoms with Crippen molar-refractivity contribution >= 4 is 10.0 Å². The van der Waals surface area contributed by atoms with Crippen LogP contribution in [0.25, 0.3) is 0 Å². The zero-order chi connectivity index (χ0) is 18.1. The second kappa shape index (κ2) is 7.08. The van der Waals surface area contributed by atoms with Crippen LogP contribution in [0.1, 0.15) is 49.3 Å². The van der Waals surface area contributed by atoms with Gasteiger partial charge in [0.15, 0.2) is 0 Å². The Kier molecular flexibility index (Phi) is 4.80. The van der Waals surface area contributed by atoms with Gasteiger partial charge in [-0.05, 0) is 74.9 Å². The molecule has 1 aliphatic carbocycles. The quantitative estimate of drug-likeness (QED) is 0.790. The van der Waals surface area contributed by atoms with Crippen LogP contribution in [0.5, 0.6) is 5.75 Å². The van der Waals surface area contributed by atoms with E-state index < -0.39 is 10.0 Å². The Bertz CT molecular complexity index is 854. The van der Waals surface area contributed by atoms with Gasteiger partial charge in [-0.3, -0.25) is 0 Å². The maximum absolute atomic E-state index is 13.1. The average molecular weight is 375 g/mol. The van der Waals surface area contributed by atoms with Crippen molar-refractivity contribution in [3.8, 4) is 5.75 Å². The van der Waals surface area contributed by atoms with Crippen LogP contribution < -0.4 is 4.74 Å². The molecule has 1 saturated carbocycles. The Morgan fingerprint density at radius 3 is 2.65 bits per heavy atom. The van der Waals surface area contributed by atoms with Crippen LogP contribution in [0.15, 0.2) is 45.9 Å². The monoisotopic (exact) mass is 375 g/mol. The molecule has 1 saturated heterocycles. The second-order valence-electron chi connectivity index (χ2n) is 7.32. The highest BCUT2D eigenvalue weighted by atomic mass is 32.2. The van der Waals surface area contributed by atoms with Gasteiger partial charge in [0, 0.05) is 19.0 Å². The molecule has 0 radical (unpaired) electrons. The Balaban J connectivity index is 1.50. The Morgan fingerprint density at radius 2 is 1.96 bits per heavy atom. The fourth-order valence-corrected chi connectivity index (χ4v) is 5.73. The highest BCUT2D eigenvalue weighted by Crippen LogP contribution is 2.33. The number of furan rings is 1. The normalized spacial score (nSPS) is 22.1. The van der Waals surface area contributed by atoms with Crippen molar-refractivity contribution in [1.82, 2.24) is 4.31 Å². The standard InChI is InChI=1S/C20H25NO4S/c1-15-13-18(25-17-5-2-3-6-17)8-9-20(15)26(22,23)21-11-10-16(14-21)19-7-4-12-24-19/h4,7-9,12-13,16-17H,2-3,5-6,10-11,14H2,1H3. The van der Waals surface area contributed by atoms with Gasteiger partial charge in [-0.15, -0.1) is 0 Å². The molecule has 1 atom stereocenters. The molecule has 1 aromatic heterocycles. The highest BCUT2D eigenvalue weighted by molar-refractivity contribution is 7.89. The molecule has 0 amide bonds. The molecule has 2 aromatic rings. The fourth-order valence-electron chi connectivity index (χ4n) is 4.02. The Labute approximate surface area is 155 Å². The summed E-state index contributed by atoms with van der Waals surface area (Å²) in [5.74, 6) is 1.76. The second-order valence-corrected chi connectivity index (χ2v) is 9.22. The van der Waals surface area contributed by atoms with E-state index in [1.165, 1.54) is 12.8 Å². The summed E-state index contributed by atoms with van der Waals surface area (Å²) in [5, 5.41) is 0. The van der Waals surface area contributed by atoms with Crippen LogP contribution in [0.3, 0.4) is 0 Å². The summed E-state index contributed by atoms with van der Waals surface area (Å²) in [6, 6.07) is 9.10. The van der Waals surface area contributed by atoms with Crippen molar-refractivity contribution < 1.29 is 17.6 Å². The third-order valence-electron chi connectivity index (χ3n) is 5.47. The molecule has 140 valence electrons. The van der Waals surface area contributed by atoms with Crippen molar-refractivity contribution in [2.24, 2.45) is 0 Å². The number of nitrogens with zero attached hydrogens (tertiary/aromatic N) is 1. The lowest BCUT2D eigenvalue weighted by atomic mass is 10.1. The van der Waals surface area contributed by atoms with E-state index in [4.69, 9.17) is 9.15 Å². The fraction of sp³-hybridized carbons (Fsp3) is 0.500. The number of hydrogen-bond donors (Lipinski definition) is 0. The molecule has 26 heavy (non-hydrogen) atoms. The van der Waals surface area contributed by atoms with E-state index in [9.17, 15) is 8.42 Å². The number of aryl methyl sites for hydroxylation is 1. The summed E-state index contributed by atoms with van der Waals surface area (Å²) in [6.45, 7) is 2.83. The minimum Gasteiger partial charge on any atom is -0.490 e. The van der Waals surface area contributed by atoms with E-state index in [-0.39, 0.29) is 12.0 Å². The van der Waals surface area contributed by atoms with Crippen LogP contribution in [-0.2, 0) is 10.0 Å². The molecule has 0 bridgehead atoms. The highest BCUT2D eigenvalue weighted by Gasteiger charge is 2.35. The number of benzene rings is 1. The van der Waals surface area contributed by atoms with Crippen molar-refractivity contribution in [2.45, 2.75) is 55.9 Å². The van der Waals surface area contributed by atoms with E-state index in [1.54, 1.807) is 22.7 Å². The van der Waals surface area contributed by atoms with Crippen molar-refractivity contribution in [2.75, 3.05) is 13.1 Å². The third kappa shape index (κ3) is 3.40. The predicted molar refractivity (Wildman–Crippen MR) is 98.9 cm³/mol. The number of hydrogen-bond acceptors (Lipinski definition) is 4. The Hall–Kier alpha value is -1.79. The van der Waals surface area contributed by atoms with Crippen LogP contribution in [0.2, 0.25) is 0 Å². The minimum absolute atomic E-state index is 0.130. The van der Waals surface area contributed by atoms with E-state index in [0.29, 0.717) is 18.0 Å². The van der Waals surface area contributed by atoms with E-state index in [0.717, 1.165) is 36.3 Å². The van der Waals surface area contributed by atoms with Gasteiger partial charge in [0.2, 0.25) is 10.0 Å². The zero-order valence-electron chi connectivity index (χ0n) is 15.1.